The van der Waals surface area contributed by atoms with Crippen LogP contribution in [0.3, 0.4) is 0 Å². The molecule has 2 aromatic heterocycles. The predicted molar refractivity (Wildman–Crippen MR) is 71.5 cm³/mol. The summed E-state index contributed by atoms with van der Waals surface area (Å²) in [5, 5.41) is 9.20. The normalized spacial score (nSPS) is 13.8. The van der Waals surface area contributed by atoms with Crippen LogP contribution in [0.5, 0.6) is 0 Å². The second kappa shape index (κ2) is 5.78. The molecule has 110 valence electrons. The minimum atomic E-state index is -3.81. The fourth-order valence-corrected chi connectivity index (χ4v) is 2.79. The van der Waals surface area contributed by atoms with Gasteiger partial charge in [0.15, 0.2) is 5.03 Å². The zero-order valence-electron chi connectivity index (χ0n) is 11.2. The highest BCUT2D eigenvalue weighted by molar-refractivity contribution is 7.89. The first-order valence-electron chi connectivity index (χ1n) is 6.14. The summed E-state index contributed by atoms with van der Waals surface area (Å²) < 4.78 is 33.5. The van der Waals surface area contributed by atoms with Crippen molar-refractivity contribution in [1.29, 1.82) is 0 Å². The van der Waals surface area contributed by atoms with E-state index in [0.717, 1.165) is 0 Å². The summed E-state index contributed by atoms with van der Waals surface area (Å²) >= 11 is 0. The highest BCUT2D eigenvalue weighted by atomic mass is 32.2. The lowest BCUT2D eigenvalue weighted by Crippen LogP contribution is -2.30. The topological polar surface area (TPSA) is 97.4 Å². The van der Waals surface area contributed by atoms with E-state index in [-0.39, 0.29) is 11.1 Å². The van der Waals surface area contributed by atoms with E-state index in [9.17, 15) is 13.5 Å². The molecule has 0 bridgehead atoms. The average Bonchev–Trinajstić information content (AvgIpc) is 3.06. The molecule has 0 saturated carbocycles. The Hall–Kier alpha value is -1.64. The molecule has 7 nitrogen and oxygen atoms in total. The molecule has 0 amide bonds. The molecule has 2 rings (SSSR count). The van der Waals surface area contributed by atoms with E-state index in [0.29, 0.717) is 5.76 Å². The lowest BCUT2D eigenvalue weighted by molar-refractivity contribution is 0.241. The summed E-state index contributed by atoms with van der Waals surface area (Å²) in [5.41, 5.74) is 0. The maximum atomic E-state index is 12.2. The first-order valence-corrected chi connectivity index (χ1v) is 7.62. The van der Waals surface area contributed by atoms with Crippen molar-refractivity contribution in [1.82, 2.24) is 14.3 Å². The molecular weight excluding hydrogens is 282 g/mol. The maximum Gasteiger partial charge on any atom is 0.260 e. The van der Waals surface area contributed by atoms with Crippen LogP contribution in [0.1, 0.15) is 31.7 Å². The number of imidazole rings is 1. The predicted octanol–water partition coefficient (Wildman–Crippen LogP) is 1.07. The Morgan fingerprint density at radius 3 is 2.75 bits per heavy atom. The number of nitrogens with zero attached hydrogens (tertiary/aromatic N) is 2. The summed E-state index contributed by atoms with van der Waals surface area (Å²) in [7, 11) is -3.81. The SMILES string of the molecule is CC(C)n1cnc(S(=O)(=O)NC(CO)c2ccco2)c1. The minimum Gasteiger partial charge on any atom is -0.468 e. The Balaban J connectivity index is 2.21. The summed E-state index contributed by atoms with van der Waals surface area (Å²) in [6.07, 6.45) is 4.32. The van der Waals surface area contributed by atoms with E-state index >= 15 is 0 Å². The molecule has 0 aromatic carbocycles. The molecule has 8 heteroatoms. The van der Waals surface area contributed by atoms with Gasteiger partial charge >= 0.3 is 0 Å². The summed E-state index contributed by atoms with van der Waals surface area (Å²) in [4.78, 5) is 3.88. The van der Waals surface area contributed by atoms with Gasteiger partial charge < -0.3 is 14.1 Å². The third kappa shape index (κ3) is 3.09. The van der Waals surface area contributed by atoms with Gasteiger partial charge in [-0.1, -0.05) is 0 Å². The lowest BCUT2D eigenvalue weighted by atomic mass is 10.2. The summed E-state index contributed by atoms with van der Waals surface area (Å²) in [6.45, 7) is 3.44. The minimum absolute atomic E-state index is 0.0868. The van der Waals surface area contributed by atoms with Crippen molar-refractivity contribution < 1.29 is 17.9 Å². The van der Waals surface area contributed by atoms with E-state index in [1.807, 2.05) is 13.8 Å². The second-order valence-corrected chi connectivity index (χ2v) is 6.29. The van der Waals surface area contributed by atoms with Gasteiger partial charge in [-0.2, -0.15) is 4.72 Å². The molecule has 2 heterocycles. The molecule has 1 atom stereocenters. The van der Waals surface area contributed by atoms with Crippen LogP contribution >= 0.6 is 0 Å². The first-order chi connectivity index (χ1) is 9.44. The van der Waals surface area contributed by atoms with Crippen molar-refractivity contribution in [2.24, 2.45) is 0 Å². The number of hydrogen-bond acceptors (Lipinski definition) is 5. The Kier molecular flexibility index (Phi) is 4.26. The number of furan rings is 1. The highest BCUT2D eigenvalue weighted by Crippen LogP contribution is 2.17. The molecule has 0 spiro atoms. The van der Waals surface area contributed by atoms with Crippen molar-refractivity contribution >= 4 is 10.0 Å². The molecule has 20 heavy (non-hydrogen) atoms. The summed E-state index contributed by atoms with van der Waals surface area (Å²) in [6, 6.07) is 2.50. The van der Waals surface area contributed by atoms with E-state index < -0.39 is 22.7 Å². The molecule has 0 saturated heterocycles. The Bertz CT molecular complexity index is 646. The van der Waals surface area contributed by atoms with Gasteiger partial charge in [0.25, 0.3) is 10.0 Å². The molecule has 0 radical (unpaired) electrons. The monoisotopic (exact) mass is 299 g/mol. The van der Waals surface area contributed by atoms with Crippen LogP contribution in [0.4, 0.5) is 0 Å². The lowest BCUT2D eigenvalue weighted by Gasteiger charge is -2.12. The number of rotatable bonds is 6. The second-order valence-electron chi connectivity index (χ2n) is 4.62. The maximum absolute atomic E-state index is 12.2. The van der Waals surface area contributed by atoms with Crippen molar-refractivity contribution in [3.05, 3.63) is 36.7 Å². The number of aromatic nitrogens is 2. The number of nitrogens with one attached hydrogen (secondary N) is 1. The number of aliphatic hydroxyl groups is 1. The fourth-order valence-electron chi connectivity index (χ4n) is 1.66. The molecular formula is C12H17N3O4S. The standard InChI is InChI=1S/C12H17N3O4S/c1-9(2)15-6-12(13-8-15)20(17,18)14-10(7-16)11-4-3-5-19-11/h3-6,8-10,14,16H,7H2,1-2H3. The summed E-state index contributed by atoms with van der Waals surface area (Å²) in [5.74, 6) is 0.347. The van der Waals surface area contributed by atoms with E-state index in [4.69, 9.17) is 4.42 Å². The Morgan fingerprint density at radius 2 is 2.25 bits per heavy atom. The first kappa shape index (κ1) is 14.8. The van der Waals surface area contributed by atoms with Crippen LogP contribution in [0, 0.1) is 0 Å². The average molecular weight is 299 g/mol. The molecule has 2 aromatic rings. The Labute approximate surface area is 117 Å². The number of sulfonamides is 1. The molecule has 1 unspecified atom stereocenters. The van der Waals surface area contributed by atoms with Crippen molar-refractivity contribution in [2.75, 3.05) is 6.61 Å². The van der Waals surface area contributed by atoms with Gasteiger partial charge in [0.05, 0.1) is 19.2 Å². The van der Waals surface area contributed by atoms with Gasteiger partial charge in [-0.05, 0) is 26.0 Å². The molecule has 0 aliphatic rings. The van der Waals surface area contributed by atoms with Gasteiger partial charge in [0.2, 0.25) is 0 Å². The van der Waals surface area contributed by atoms with Crippen LogP contribution in [0.15, 0.2) is 40.4 Å². The van der Waals surface area contributed by atoms with Crippen molar-refractivity contribution in [3.8, 4) is 0 Å². The van der Waals surface area contributed by atoms with E-state index in [2.05, 4.69) is 9.71 Å². The van der Waals surface area contributed by atoms with Gasteiger partial charge in [0.1, 0.15) is 11.8 Å². The van der Waals surface area contributed by atoms with Gasteiger partial charge in [-0.25, -0.2) is 13.4 Å². The van der Waals surface area contributed by atoms with Gasteiger partial charge in [-0.3, -0.25) is 0 Å². The van der Waals surface area contributed by atoms with Gasteiger partial charge in [0, 0.05) is 12.2 Å². The van der Waals surface area contributed by atoms with Crippen LogP contribution in [-0.4, -0.2) is 29.7 Å². The van der Waals surface area contributed by atoms with Crippen LogP contribution in [0.25, 0.3) is 0 Å². The zero-order valence-corrected chi connectivity index (χ0v) is 12.0. The fraction of sp³-hybridized carbons (Fsp3) is 0.417. The number of aliphatic hydroxyl groups excluding tert-OH is 1. The number of hydrogen-bond donors (Lipinski definition) is 2. The van der Waals surface area contributed by atoms with Crippen molar-refractivity contribution in [2.45, 2.75) is 31.0 Å². The van der Waals surface area contributed by atoms with Crippen LogP contribution in [-0.2, 0) is 10.0 Å². The smallest absolute Gasteiger partial charge is 0.260 e. The van der Waals surface area contributed by atoms with Crippen LogP contribution in [0.2, 0.25) is 0 Å². The third-order valence-electron chi connectivity index (χ3n) is 2.82. The largest absolute Gasteiger partial charge is 0.468 e. The highest BCUT2D eigenvalue weighted by Gasteiger charge is 2.24. The Morgan fingerprint density at radius 1 is 1.50 bits per heavy atom. The third-order valence-corrected chi connectivity index (χ3v) is 4.17. The molecule has 0 aliphatic heterocycles. The molecule has 0 aliphatic carbocycles. The van der Waals surface area contributed by atoms with E-state index in [1.165, 1.54) is 18.8 Å². The quantitative estimate of drug-likeness (QED) is 0.831. The van der Waals surface area contributed by atoms with Gasteiger partial charge in [-0.15, -0.1) is 0 Å². The van der Waals surface area contributed by atoms with E-state index in [1.54, 1.807) is 16.7 Å². The molecule has 2 N–H and O–H groups in total. The zero-order chi connectivity index (χ0) is 14.8. The van der Waals surface area contributed by atoms with Crippen molar-refractivity contribution in [3.63, 3.8) is 0 Å². The molecule has 0 fully saturated rings. The van der Waals surface area contributed by atoms with Crippen LogP contribution < -0.4 is 4.72 Å².